The summed E-state index contributed by atoms with van der Waals surface area (Å²) < 4.78 is 5.05. The Labute approximate surface area is 113 Å². The Morgan fingerprint density at radius 2 is 2.42 bits per heavy atom. The van der Waals surface area contributed by atoms with Crippen molar-refractivity contribution in [3.63, 3.8) is 0 Å². The monoisotopic (exact) mass is 263 g/mol. The summed E-state index contributed by atoms with van der Waals surface area (Å²) in [6.45, 7) is 4.24. The third-order valence-corrected chi connectivity index (χ3v) is 3.22. The molecular formula is C14H21N3O2. The fourth-order valence-electron chi connectivity index (χ4n) is 2.25. The first-order valence-corrected chi connectivity index (χ1v) is 6.90. The summed E-state index contributed by atoms with van der Waals surface area (Å²) in [7, 11) is 0. The van der Waals surface area contributed by atoms with Gasteiger partial charge in [-0.25, -0.2) is 9.78 Å². The third kappa shape index (κ3) is 3.92. The number of hydrogen-bond acceptors (Lipinski definition) is 5. The highest BCUT2D eigenvalue weighted by atomic mass is 16.5. The molecule has 1 fully saturated rings. The number of hydrogen-bond donors (Lipinski definition) is 2. The lowest BCUT2D eigenvalue weighted by molar-refractivity contribution is 0.0527. The average molecular weight is 263 g/mol. The highest BCUT2D eigenvalue weighted by Gasteiger charge is 2.17. The summed E-state index contributed by atoms with van der Waals surface area (Å²) in [6, 6.07) is 3.87. The zero-order valence-electron chi connectivity index (χ0n) is 11.3. The molecule has 1 aromatic rings. The Balaban J connectivity index is 2.08. The van der Waals surface area contributed by atoms with Crippen molar-refractivity contribution in [2.45, 2.75) is 32.2 Å². The lowest BCUT2D eigenvalue weighted by Crippen LogP contribution is -2.23. The van der Waals surface area contributed by atoms with E-state index in [2.05, 4.69) is 15.6 Å². The minimum Gasteiger partial charge on any atom is -0.462 e. The summed E-state index contributed by atoms with van der Waals surface area (Å²) in [5.74, 6) is 0.317. The maximum atomic E-state index is 11.9. The molecule has 1 unspecified atom stereocenters. The zero-order valence-corrected chi connectivity index (χ0v) is 11.3. The van der Waals surface area contributed by atoms with Crippen LogP contribution in [0, 0.1) is 0 Å². The maximum Gasteiger partial charge on any atom is 0.341 e. The first-order valence-electron chi connectivity index (χ1n) is 6.90. The molecule has 1 saturated heterocycles. The molecule has 1 aliphatic rings. The Morgan fingerprint density at radius 3 is 3.26 bits per heavy atom. The minimum atomic E-state index is -0.315. The molecule has 104 valence electrons. The van der Waals surface area contributed by atoms with Crippen molar-refractivity contribution in [3.05, 3.63) is 23.9 Å². The van der Waals surface area contributed by atoms with Crippen LogP contribution in [0.2, 0.25) is 0 Å². The van der Waals surface area contributed by atoms with Gasteiger partial charge >= 0.3 is 5.97 Å². The van der Waals surface area contributed by atoms with Gasteiger partial charge in [-0.3, -0.25) is 0 Å². The Hall–Kier alpha value is -1.62. The van der Waals surface area contributed by atoms with E-state index < -0.39 is 0 Å². The predicted molar refractivity (Wildman–Crippen MR) is 74.3 cm³/mol. The Bertz CT molecular complexity index is 415. The summed E-state index contributed by atoms with van der Waals surface area (Å²) in [6.07, 6.45) is 4.96. The van der Waals surface area contributed by atoms with E-state index >= 15 is 0 Å². The van der Waals surface area contributed by atoms with Crippen molar-refractivity contribution >= 4 is 11.8 Å². The van der Waals surface area contributed by atoms with Crippen LogP contribution < -0.4 is 10.6 Å². The van der Waals surface area contributed by atoms with Gasteiger partial charge in [0.05, 0.1) is 6.61 Å². The van der Waals surface area contributed by atoms with Crippen LogP contribution in [0.5, 0.6) is 0 Å². The molecule has 2 N–H and O–H groups in total. The summed E-state index contributed by atoms with van der Waals surface area (Å²) in [4.78, 5) is 16.1. The number of pyridine rings is 1. The van der Waals surface area contributed by atoms with Crippen molar-refractivity contribution in [1.82, 2.24) is 10.3 Å². The second-order valence-electron chi connectivity index (χ2n) is 4.64. The summed E-state index contributed by atoms with van der Waals surface area (Å²) >= 11 is 0. The van der Waals surface area contributed by atoms with Gasteiger partial charge in [0.2, 0.25) is 0 Å². The van der Waals surface area contributed by atoms with Crippen molar-refractivity contribution < 1.29 is 9.53 Å². The van der Waals surface area contributed by atoms with Crippen LogP contribution in [0.3, 0.4) is 0 Å². The van der Waals surface area contributed by atoms with Gasteiger partial charge in [-0.05, 0) is 51.4 Å². The molecule has 0 aromatic carbocycles. The smallest absolute Gasteiger partial charge is 0.341 e. The van der Waals surface area contributed by atoms with E-state index in [0.717, 1.165) is 32.4 Å². The van der Waals surface area contributed by atoms with Gasteiger partial charge in [-0.2, -0.15) is 0 Å². The van der Waals surface area contributed by atoms with E-state index in [9.17, 15) is 4.79 Å². The largest absolute Gasteiger partial charge is 0.462 e. The van der Waals surface area contributed by atoms with E-state index in [0.29, 0.717) is 24.0 Å². The van der Waals surface area contributed by atoms with Gasteiger partial charge < -0.3 is 15.4 Å². The topological polar surface area (TPSA) is 63.2 Å². The number of ether oxygens (including phenoxy) is 1. The summed E-state index contributed by atoms with van der Waals surface area (Å²) in [5.41, 5.74) is 0.515. The van der Waals surface area contributed by atoms with Crippen LogP contribution in [-0.2, 0) is 4.74 Å². The number of nitrogens with zero attached hydrogens (tertiary/aromatic N) is 1. The highest BCUT2D eigenvalue weighted by molar-refractivity contribution is 5.94. The van der Waals surface area contributed by atoms with Gasteiger partial charge in [0, 0.05) is 12.2 Å². The van der Waals surface area contributed by atoms with E-state index in [1.165, 1.54) is 0 Å². The SMILES string of the molecule is CCOC(=O)c1cccnc1NC1CCCNCC1. The molecule has 0 radical (unpaired) electrons. The van der Waals surface area contributed by atoms with Crippen molar-refractivity contribution in [2.75, 3.05) is 25.0 Å². The van der Waals surface area contributed by atoms with E-state index in [1.54, 1.807) is 25.3 Å². The first kappa shape index (κ1) is 13.8. The molecule has 2 rings (SSSR count). The molecule has 0 saturated carbocycles. The van der Waals surface area contributed by atoms with Gasteiger partial charge in [0.15, 0.2) is 0 Å². The van der Waals surface area contributed by atoms with Gasteiger partial charge in [-0.1, -0.05) is 0 Å². The molecular weight excluding hydrogens is 242 g/mol. The second-order valence-corrected chi connectivity index (χ2v) is 4.64. The molecule has 1 aromatic heterocycles. The standard InChI is InChI=1S/C14H21N3O2/c1-2-19-14(18)12-6-4-9-16-13(12)17-11-5-3-8-15-10-7-11/h4,6,9,11,15H,2-3,5,7-8,10H2,1H3,(H,16,17). The first-order chi connectivity index (χ1) is 9.31. The minimum absolute atomic E-state index is 0.315. The number of anilines is 1. The molecule has 0 amide bonds. The number of aromatic nitrogens is 1. The van der Waals surface area contributed by atoms with Crippen LogP contribution in [0.1, 0.15) is 36.5 Å². The van der Waals surface area contributed by atoms with Gasteiger partial charge in [0.25, 0.3) is 0 Å². The van der Waals surface area contributed by atoms with Crippen LogP contribution in [0.4, 0.5) is 5.82 Å². The van der Waals surface area contributed by atoms with Gasteiger partial charge in [-0.15, -0.1) is 0 Å². The fraction of sp³-hybridized carbons (Fsp3) is 0.571. The summed E-state index contributed by atoms with van der Waals surface area (Å²) in [5, 5.41) is 6.75. The molecule has 0 spiro atoms. The van der Waals surface area contributed by atoms with Crippen molar-refractivity contribution in [3.8, 4) is 0 Å². The number of nitrogens with one attached hydrogen (secondary N) is 2. The molecule has 0 bridgehead atoms. The number of carbonyl (C=O) groups excluding carboxylic acids is 1. The number of rotatable bonds is 4. The number of esters is 1. The predicted octanol–water partition coefficient (Wildman–Crippen LogP) is 1.81. The molecule has 1 aliphatic heterocycles. The molecule has 5 heteroatoms. The Morgan fingerprint density at radius 1 is 1.53 bits per heavy atom. The Kier molecular flexibility index (Phi) is 5.15. The number of carbonyl (C=O) groups is 1. The molecule has 0 aliphatic carbocycles. The molecule has 2 heterocycles. The van der Waals surface area contributed by atoms with Crippen LogP contribution in [0.25, 0.3) is 0 Å². The van der Waals surface area contributed by atoms with E-state index in [1.807, 2.05) is 0 Å². The normalized spacial score (nSPS) is 19.5. The van der Waals surface area contributed by atoms with Crippen molar-refractivity contribution in [1.29, 1.82) is 0 Å². The molecule has 19 heavy (non-hydrogen) atoms. The highest BCUT2D eigenvalue weighted by Crippen LogP contribution is 2.17. The van der Waals surface area contributed by atoms with Crippen LogP contribution >= 0.6 is 0 Å². The van der Waals surface area contributed by atoms with E-state index in [-0.39, 0.29) is 5.97 Å². The second kappa shape index (κ2) is 7.09. The quantitative estimate of drug-likeness (QED) is 0.811. The maximum absolute atomic E-state index is 11.9. The van der Waals surface area contributed by atoms with Crippen molar-refractivity contribution in [2.24, 2.45) is 0 Å². The molecule has 5 nitrogen and oxygen atoms in total. The van der Waals surface area contributed by atoms with Crippen LogP contribution in [0.15, 0.2) is 18.3 Å². The van der Waals surface area contributed by atoms with E-state index in [4.69, 9.17) is 4.74 Å². The third-order valence-electron chi connectivity index (χ3n) is 3.22. The fourth-order valence-corrected chi connectivity index (χ4v) is 2.25. The lowest BCUT2D eigenvalue weighted by Gasteiger charge is -2.18. The zero-order chi connectivity index (χ0) is 13.5. The lowest BCUT2D eigenvalue weighted by atomic mass is 10.1. The molecule has 1 atom stereocenters. The van der Waals surface area contributed by atoms with Crippen LogP contribution in [-0.4, -0.2) is 36.7 Å². The average Bonchev–Trinajstić information content (AvgIpc) is 2.68. The van der Waals surface area contributed by atoms with Gasteiger partial charge in [0.1, 0.15) is 11.4 Å².